The van der Waals surface area contributed by atoms with Gasteiger partial charge in [0, 0.05) is 11.9 Å². The van der Waals surface area contributed by atoms with Gasteiger partial charge in [0.2, 0.25) is 15.7 Å². The van der Waals surface area contributed by atoms with E-state index < -0.39 is 27.4 Å². The fourth-order valence-corrected chi connectivity index (χ4v) is 4.16. The lowest BCUT2D eigenvalue weighted by Gasteiger charge is -2.05. The van der Waals surface area contributed by atoms with Gasteiger partial charge in [-0.15, -0.1) is 11.3 Å². The van der Waals surface area contributed by atoms with Gasteiger partial charge in [-0.1, -0.05) is 12.1 Å². The largest absolute Gasteiger partial charge is 0.480 e. The van der Waals surface area contributed by atoms with Crippen LogP contribution in [0.15, 0.2) is 47.1 Å². The highest BCUT2D eigenvalue weighted by Gasteiger charge is 2.20. The molecule has 9 nitrogen and oxygen atoms in total. The van der Waals surface area contributed by atoms with Crippen molar-refractivity contribution in [1.82, 2.24) is 20.3 Å². The highest BCUT2D eigenvalue weighted by atomic mass is 32.2. The van der Waals surface area contributed by atoms with Crippen molar-refractivity contribution in [3.05, 3.63) is 59.1 Å². The van der Waals surface area contributed by atoms with E-state index in [1.807, 2.05) is 0 Å². The number of sulfone groups is 1. The SMILES string of the molecule is COc1cnc(S(=O)(=O)Cc2csc(NC(=O)NCc3cccc(F)c3)n2)cn1. The normalized spacial score (nSPS) is 11.1. The van der Waals surface area contributed by atoms with Crippen LogP contribution in [0.4, 0.5) is 14.3 Å². The number of nitrogens with one attached hydrogen (secondary N) is 2. The number of methoxy groups -OCH3 is 1. The van der Waals surface area contributed by atoms with Gasteiger partial charge >= 0.3 is 6.03 Å². The number of hydrogen-bond acceptors (Lipinski definition) is 8. The Labute approximate surface area is 169 Å². The van der Waals surface area contributed by atoms with Crippen LogP contribution in [0.3, 0.4) is 0 Å². The zero-order valence-corrected chi connectivity index (χ0v) is 16.8. The van der Waals surface area contributed by atoms with Crippen LogP contribution in [0.25, 0.3) is 0 Å². The van der Waals surface area contributed by atoms with E-state index in [2.05, 4.69) is 25.6 Å². The standard InChI is InChI=1S/C17H16FN5O4S2/c1-27-14-7-20-15(8-19-14)29(25,26)10-13-9-28-17(22-13)23-16(24)21-6-11-3-2-4-12(18)5-11/h2-5,7-9H,6,10H2,1H3,(H2,21,22,23,24). The maximum atomic E-state index is 13.1. The Morgan fingerprint density at radius 2 is 2.10 bits per heavy atom. The molecule has 0 aliphatic heterocycles. The molecule has 2 amide bonds. The molecule has 0 aliphatic rings. The number of benzene rings is 1. The van der Waals surface area contributed by atoms with Crippen molar-refractivity contribution in [3.8, 4) is 5.88 Å². The van der Waals surface area contributed by atoms with Crippen LogP contribution in [0.2, 0.25) is 0 Å². The second-order valence-corrected chi connectivity index (χ2v) is 8.53. The van der Waals surface area contributed by atoms with E-state index in [1.54, 1.807) is 12.1 Å². The maximum Gasteiger partial charge on any atom is 0.321 e. The van der Waals surface area contributed by atoms with Crippen molar-refractivity contribution in [3.63, 3.8) is 0 Å². The highest BCUT2D eigenvalue weighted by molar-refractivity contribution is 7.90. The fourth-order valence-electron chi connectivity index (χ4n) is 2.24. The zero-order valence-electron chi connectivity index (χ0n) is 15.1. The summed E-state index contributed by atoms with van der Waals surface area (Å²) in [4.78, 5) is 23.7. The fraction of sp³-hybridized carbons (Fsp3) is 0.176. The number of nitrogens with zero attached hydrogens (tertiary/aromatic N) is 3. The van der Waals surface area contributed by atoms with Crippen LogP contribution in [-0.4, -0.2) is 36.5 Å². The Morgan fingerprint density at radius 3 is 2.79 bits per heavy atom. The van der Waals surface area contributed by atoms with Crippen molar-refractivity contribution in [2.75, 3.05) is 12.4 Å². The van der Waals surface area contributed by atoms with Gasteiger partial charge in [-0.25, -0.2) is 32.6 Å². The lowest BCUT2D eigenvalue weighted by Crippen LogP contribution is -2.28. The van der Waals surface area contributed by atoms with Crippen LogP contribution in [0.1, 0.15) is 11.3 Å². The van der Waals surface area contributed by atoms with Gasteiger partial charge < -0.3 is 10.1 Å². The van der Waals surface area contributed by atoms with Crippen LogP contribution < -0.4 is 15.4 Å². The summed E-state index contributed by atoms with van der Waals surface area (Å²) in [7, 11) is -2.35. The predicted octanol–water partition coefficient (Wildman–Crippen LogP) is 2.38. The number of rotatable bonds is 7. The Balaban J connectivity index is 1.57. The monoisotopic (exact) mass is 437 g/mol. The lowest BCUT2D eigenvalue weighted by atomic mass is 10.2. The molecule has 0 saturated carbocycles. The van der Waals surface area contributed by atoms with E-state index in [0.717, 1.165) is 17.5 Å². The summed E-state index contributed by atoms with van der Waals surface area (Å²) in [5.74, 6) is -0.581. The van der Waals surface area contributed by atoms with Gasteiger partial charge in [0.15, 0.2) is 10.2 Å². The number of thiazole rings is 1. The van der Waals surface area contributed by atoms with Crippen molar-refractivity contribution < 1.29 is 22.3 Å². The molecule has 0 unspecified atom stereocenters. The quantitative estimate of drug-likeness (QED) is 0.582. The minimum Gasteiger partial charge on any atom is -0.480 e. The molecule has 0 radical (unpaired) electrons. The molecule has 0 saturated heterocycles. The van der Waals surface area contributed by atoms with Crippen LogP contribution in [0.5, 0.6) is 5.88 Å². The third-order valence-corrected chi connectivity index (χ3v) is 5.91. The number of carbonyl (C=O) groups excluding carboxylic acids is 1. The average Bonchev–Trinajstić information content (AvgIpc) is 3.12. The first kappa shape index (κ1) is 20.6. The number of halogens is 1. The van der Waals surface area contributed by atoms with E-state index in [4.69, 9.17) is 4.74 Å². The summed E-state index contributed by atoms with van der Waals surface area (Å²) >= 11 is 1.08. The maximum absolute atomic E-state index is 13.1. The summed E-state index contributed by atoms with van der Waals surface area (Å²) in [6.45, 7) is 0.131. The highest BCUT2D eigenvalue weighted by Crippen LogP contribution is 2.20. The molecule has 0 aliphatic carbocycles. The van der Waals surface area contributed by atoms with Crippen LogP contribution in [-0.2, 0) is 22.1 Å². The first-order chi connectivity index (χ1) is 13.9. The van der Waals surface area contributed by atoms with E-state index in [9.17, 15) is 17.6 Å². The van der Waals surface area contributed by atoms with Gasteiger partial charge in [0.25, 0.3) is 0 Å². The number of aromatic nitrogens is 3. The molecule has 2 aromatic heterocycles. The summed E-state index contributed by atoms with van der Waals surface area (Å²) in [6, 6.07) is 5.31. The molecule has 3 rings (SSSR count). The molecule has 3 aromatic rings. The first-order valence-electron chi connectivity index (χ1n) is 8.18. The summed E-state index contributed by atoms with van der Waals surface area (Å²) in [5, 5.41) is 6.64. The molecule has 1 aromatic carbocycles. The second kappa shape index (κ2) is 8.92. The molecular formula is C17H16FN5O4S2. The lowest BCUT2D eigenvalue weighted by molar-refractivity contribution is 0.251. The number of carbonyl (C=O) groups is 1. The molecule has 12 heteroatoms. The minimum absolute atomic E-state index is 0.131. The molecule has 0 fully saturated rings. The molecule has 0 spiro atoms. The molecule has 2 heterocycles. The Morgan fingerprint density at radius 1 is 1.28 bits per heavy atom. The molecule has 2 N–H and O–H groups in total. The van der Waals surface area contributed by atoms with Gasteiger partial charge in [-0.05, 0) is 17.7 Å². The number of ether oxygens (including phenoxy) is 1. The van der Waals surface area contributed by atoms with E-state index in [-0.39, 0.29) is 28.3 Å². The molecule has 152 valence electrons. The van der Waals surface area contributed by atoms with Gasteiger partial charge in [-0.2, -0.15) is 0 Å². The van der Waals surface area contributed by atoms with Gasteiger partial charge in [0.1, 0.15) is 5.82 Å². The van der Waals surface area contributed by atoms with Gasteiger partial charge in [0.05, 0.1) is 31.0 Å². The Hall–Kier alpha value is -3.12. The van der Waals surface area contributed by atoms with E-state index in [1.165, 1.54) is 30.8 Å². The van der Waals surface area contributed by atoms with Crippen molar-refractivity contribution in [2.45, 2.75) is 17.3 Å². The average molecular weight is 437 g/mol. The van der Waals surface area contributed by atoms with Crippen molar-refractivity contribution >= 4 is 32.3 Å². The van der Waals surface area contributed by atoms with E-state index in [0.29, 0.717) is 5.56 Å². The first-order valence-corrected chi connectivity index (χ1v) is 10.7. The third kappa shape index (κ3) is 5.68. The van der Waals surface area contributed by atoms with Crippen LogP contribution >= 0.6 is 11.3 Å². The topological polar surface area (TPSA) is 123 Å². The molecule has 0 bridgehead atoms. The number of urea groups is 1. The number of amides is 2. The van der Waals surface area contributed by atoms with Gasteiger partial charge in [-0.3, -0.25) is 5.32 Å². The van der Waals surface area contributed by atoms with Crippen molar-refractivity contribution in [2.24, 2.45) is 0 Å². The number of anilines is 1. The summed E-state index contributed by atoms with van der Waals surface area (Å²) < 4.78 is 42.8. The van der Waals surface area contributed by atoms with Crippen LogP contribution in [0, 0.1) is 5.82 Å². The molecule has 0 atom stereocenters. The summed E-state index contributed by atoms with van der Waals surface area (Å²) in [5.41, 5.74) is 0.861. The van der Waals surface area contributed by atoms with Crippen molar-refractivity contribution in [1.29, 1.82) is 0 Å². The third-order valence-electron chi connectivity index (χ3n) is 3.58. The Bertz CT molecular complexity index is 1100. The summed E-state index contributed by atoms with van der Waals surface area (Å²) in [6.07, 6.45) is 2.32. The molecular weight excluding hydrogens is 421 g/mol. The molecule has 29 heavy (non-hydrogen) atoms. The predicted molar refractivity (Wildman–Crippen MR) is 104 cm³/mol. The zero-order chi connectivity index (χ0) is 20.9. The minimum atomic E-state index is -3.75. The number of hydrogen-bond donors (Lipinski definition) is 2. The Kier molecular flexibility index (Phi) is 6.34. The smallest absolute Gasteiger partial charge is 0.321 e. The second-order valence-electron chi connectivity index (χ2n) is 5.74. The van der Waals surface area contributed by atoms with E-state index >= 15 is 0 Å².